The standard InChI is InChI=1S/C22H31N3O4S.C3H6.C2H6/c1-4-6-13-25(14-7-5-2)19-15-17(22(26)24-3)16-20(30(23,27)28)21(19)29-18-11-9-8-10-12-18;1-3-2;1-2/h8-12,15-16H,4-7,13-14H2,1-3H3,(H,24,26)(H2,23,27,28);3H,1H2,2H3;1-2H3. The number of nitrogens with two attached hydrogens (primary N) is 1. The van der Waals surface area contributed by atoms with Crippen molar-refractivity contribution in [3.63, 3.8) is 0 Å². The smallest absolute Gasteiger partial charge is 0.251 e. The number of nitrogens with one attached hydrogen (secondary N) is 1. The van der Waals surface area contributed by atoms with Crippen molar-refractivity contribution < 1.29 is 17.9 Å². The van der Waals surface area contributed by atoms with Crippen LogP contribution in [0.1, 0.15) is 70.7 Å². The van der Waals surface area contributed by atoms with Crippen molar-refractivity contribution in [2.75, 3.05) is 25.0 Å². The summed E-state index contributed by atoms with van der Waals surface area (Å²) in [7, 11) is -2.65. The number of para-hydroxylation sites is 1. The first kappa shape index (κ1) is 32.2. The average molecular weight is 506 g/mol. The van der Waals surface area contributed by atoms with E-state index in [1.807, 2.05) is 26.8 Å². The molecule has 0 aromatic heterocycles. The van der Waals surface area contributed by atoms with Gasteiger partial charge in [0.2, 0.25) is 10.0 Å². The summed E-state index contributed by atoms with van der Waals surface area (Å²) in [6, 6.07) is 11.9. The molecule has 196 valence electrons. The Morgan fingerprint density at radius 1 is 1.09 bits per heavy atom. The lowest BCUT2D eigenvalue weighted by Gasteiger charge is -2.28. The fraction of sp³-hybridized carbons (Fsp3) is 0.444. The van der Waals surface area contributed by atoms with E-state index in [0.29, 0.717) is 24.5 Å². The van der Waals surface area contributed by atoms with Crippen LogP contribution in [-0.2, 0) is 10.0 Å². The van der Waals surface area contributed by atoms with Crippen LogP contribution in [0.4, 0.5) is 5.69 Å². The van der Waals surface area contributed by atoms with E-state index in [1.54, 1.807) is 36.4 Å². The van der Waals surface area contributed by atoms with Gasteiger partial charge in [0.05, 0.1) is 5.69 Å². The van der Waals surface area contributed by atoms with Crippen LogP contribution in [0.5, 0.6) is 11.5 Å². The molecule has 8 heteroatoms. The lowest BCUT2D eigenvalue weighted by atomic mass is 10.1. The lowest BCUT2D eigenvalue weighted by Crippen LogP contribution is -2.28. The van der Waals surface area contributed by atoms with Crippen molar-refractivity contribution in [1.82, 2.24) is 5.32 Å². The van der Waals surface area contributed by atoms with Crippen LogP contribution in [0, 0.1) is 0 Å². The molecule has 3 N–H and O–H groups in total. The predicted molar refractivity (Wildman–Crippen MR) is 147 cm³/mol. The first-order valence-corrected chi connectivity index (χ1v) is 13.8. The summed E-state index contributed by atoms with van der Waals surface area (Å²) in [6.45, 7) is 14.9. The Morgan fingerprint density at radius 2 is 1.60 bits per heavy atom. The molecule has 0 bridgehead atoms. The summed E-state index contributed by atoms with van der Waals surface area (Å²) >= 11 is 0. The Morgan fingerprint density at radius 3 is 2.03 bits per heavy atom. The summed E-state index contributed by atoms with van der Waals surface area (Å²) in [5.41, 5.74) is 0.765. The third-order valence-electron chi connectivity index (χ3n) is 4.70. The SMILES string of the molecule is C=CC.CC.CCCCN(CCCC)c1cc(C(=O)NC)cc(S(N)(=O)=O)c1Oc1ccccc1. The number of nitrogens with zero attached hydrogens (tertiary/aromatic N) is 1. The minimum absolute atomic E-state index is 0.142. The number of unbranched alkanes of at least 4 members (excludes halogenated alkanes) is 2. The van der Waals surface area contributed by atoms with E-state index in [-0.39, 0.29) is 16.2 Å². The van der Waals surface area contributed by atoms with Crippen LogP contribution in [0.3, 0.4) is 0 Å². The van der Waals surface area contributed by atoms with E-state index in [9.17, 15) is 13.2 Å². The van der Waals surface area contributed by atoms with Gasteiger partial charge in [-0.2, -0.15) is 0 Å². The first-order chi connectivity index (χ1) is 16.7. The van der Waals surface area contributed by atoms with E-state index in [4.69, 9.17) is 9.88 Å². The molecule has 0 atom stereocenters. The largest absolute Gasteiger partial charge is 0.454 e. The topological polar surface area (TPSA) is 102 Å². The Hall–Kier alpha value is -2.84. The van der Waals surface area contributed by atoms with Crippen molar-refractivity contribution in [2.24, 2.45) is 5.14 Å². The van der Waals surface area contributed by atoms with Crippen molar-refractivity contribution in [2.45, 2.75) is 65.2 Å². The third-order valence-corrected chi connectivity index (χ3v) is 5.61. The Labute approximate surface area is 212 Å². The number of sulfonamides is 1. The molecule has 0 aliphatic carbocycles. The van der Waals surface area contributed by atoms with E-state index < -0.39 is 15.9 Å². The van der Waals surface area contributed by atoms with Crippen LogP contribution in [0.2, 0.25) is 0 Å². The van der Waals surface area contributed by atoms with Gasteiger partial charge in [-0.05, 0) is 44.0 Å². The zero-order valence-electron chi connectivity index (χ0n) is 22.1. The van der Waals surface area contributed by atoms with Crippen molar-refractivity contribution >= 4 is 21.6 Å². The number of rotatable bonds is 11. The van der Waals surface area contributed by atoms with Crippen LogP contribution in [0.25, 0.3) is 0 Å². The molecular formula is C27H43N3O4S. The monoisotopic (exact) mass is 505 g/mol. The molecule has 0 aliphatic heterocycles. The van der Waals surface area contributed by atoms with E-state index in [2.05, 4.69) is 30.6 Å². The zero-order valence-corrected chi connectivity index (χ0v) is 23.0. The predicted octanol–water partition coefficient (Wildman–Crippen LogP) is 6.11. The van der Waals surface area contributed by atoms with Crippen LogP contribution < -0.4 is 20.1 Å². The number of carbonyl (C=O) groups excluding carboxylic acids is 1. The summed E-state index contributed by atoms with van der Waals surface area (Å²) in [6.07, 6.45) is 5.55. The molecule has 0 radical (unpaired) electrons. The van der Waals surface area contributed by atoms with Gasteiger partial charge in [-0.15, -0.1) is 6.58 Å². The number of primary sulfonamides is 1. The number of hydrogen-bond acceptors (Lipinski definition) is 5. The second-order valence-electron chi connectivity index (χ2n) is 7.46. The highest BCUT2D eigenvalue weighted by Gasteiger charge is 2.26. The quantitative estimate of drug-likeness (QED) is 0.359. The van der Waals surface area contributed by atoms with Crippen molar-refractivity contribution in [1.29, 1.82) is 0 Å². The van der Waals surface area contributed by atoms with Gasteiger partial charge < -0.3 is 15.0 Å². The average Bonchev–Trinajstić information content (AvgIpc) is 2.85. The van der Waals surface area contributed by atoms with Gasteiger partial charge in [-0.1, -0.05) is 64.8 Å². The number of anilines is 1. The Kier molecular flexibility index (Phi) is 16.1. The summed E-state index contributed by atoms with van der Waals surface area (Å²) in [5, 5.41) is 8.08. The minimum atomic E-state index is -4.15. The van der Waals surface area contributed by atoms with Gasteiger partial charge in [0.25, 0.3) is 5.91 Å². The molecule has 2 aromatic rings. The van der Waals surface area contributed by atoms with Gasteiger partial charge in [0.1, 0.15) is 10.6 Å². The maximum absolute atomic E-state index is 12.5. The molecule has 0 heterocycles. The lowest BCUT2D eigenvalue weighted by molar-refractivity contribution is 0.0963. The summed E-state index contributed by atoms with van der Waals surface area (Å²) in [5.74, 6) is 0.240. The van der Waals surface area contributed by atoms with Crippen molar-refractivity contribution in [3.8, 4) is 11.5 Å². The number of amides is 1. The van der Waals surface area contributed by atoms with Gasteiger partial charge in [-0.3, -0.25) is 4.79 Å². The highest BCUT2D eigenvalue weighted by Crippen LogP contribution is 2.39. The number of allylic oxidation sites excluding steroid dienone is 1. The van der Waals surface area contributed by atoms with Crippen molar-refractivity contribution in [3.05, 3.63) is 60.7 Å². The zero-order chi connectivity index (χ0) is 26.9. The van der Waals surface area contributed by atoms with Crippen LogP contribution in [-0.4, -0.2) is 34.5 Å². The van der Waals surface area contributed by atoms with Gasteiger partial charge in [0.15, 0.2) is 5.75 Å². The first-order valence-electron chi connectivity index (χ1n) is 12.2. The molecule has 2 rings (SSSR count). The Bertz CT molecular complexity index is 985. The van der Waals surface area contributed by atoms with Crippen LogP contribution >= 0.6 is 0 Å². The highest BCUT2D eigenvalue weighted by atomic mass is 32.2. The number of carbonyl (C=O) groups is 1. The van der Waals surface area contributed by atoms with Gasteiger partial charge in [-0.25, -0.2) is 13.6 Å². The van der Waals surface area contributed by atoms with Crippen LogP contribution in [0.15, 0.2) is 60.0 Å². The molecule has 0 saturated heterocycles. The highest BCUT2D eigenvalue weighted by molar-refractivity contribution is 7.89. The maximum atomic E-state index is 12.5. The molecule has 1 amide bonds. The minimum Gasteiger partial charge on any atom is -0.454 e. The molecule has 0 spiro atoms. The molecular weight excluding hydrogens is 462 g/mol. The summed E-state index contributed by atoms with van der Waals surface area (Å²) < 4.78 is 31.0. The maximum Gasteiger partial charge on any atom is 0.251 e. The third kappa shape index (κ3) is 11.0. The van der Waals surface area contributed by atoms with Gasteiger partial charge in [0, 0.05) is 25.7 Å². The second-order valence-corrected chi connectivity index (χ2v) is 8.99. The number of ether oxygens (including phenoxy) is 1. The second kappa shape index (κ2) is 17.6. The molecule has 0 fully saturated rings. The normalized spacial score (nSPS) is 10.1. The molecule has 2 aromatic carbocycles. The molecule has 0 saturated carbocycles. The molecule has 0 aliphatic rings. The molecule has 0 unspecified atom stereocenters. The van der Waals surface area contributed by atoms with E-state index >= 15 is 0 Å². The fourth-order valence-corrected chi connectivity index (χ4v) is 3.76. The number of hydrogen-bond donors (Lipinski definition) is 2. The molecule has 7 nitrogen and oxygen atoms in total. The van der Waals surface area contributed by atoms with Gasteiger partial charge >= 0.3 is 0 Å². The summed E-state index contributed by atoms with van der Waals surface area (Å²) in [4.78, 5) is 14.2. The number of benzene rings is 2. The molecule has 35 heavy (non-hydrogen) atoms. The fourth-order valence-electron chi connectivity index (χ4n) is 3.07. The van der Waals surface area contributed by atoms with E-state index in [0.717, 1.165) is 25.7 Å². The Balaban J connectivity index is 0.00000214. The van der Waals surface area contributed by atoms with E-state index in [1.165, 1.54) is 13.1 Å².